The summed E-state index contributed by atoms with van der Waals surface area (Å²) in [5.74, 6) is 1.31. The van der Waals surface area contributed by atoms with Crippen LogP contribution in [0.2, 0.25) is 0 Å². The average molecular weight is 292 g/mol. The topological polar surface area (TPSA) is 48.5 Å². The van der Waals surface area contributed by atoms with Gasteiger partial charge in [0.05, 0.1) is 5.56 Å². The van der Waals surface area contributed by atoms with Gasteiger partial charge in [0.15, 0.2) is 0 Å². The third-order valence-electron chi connectivity index (χ3n) is 3.06. The number of likely N-dealkylation sites (N-methyl/N-ethyl adjacent to an activating group) is 1. The number of carbonyl (C=O) groups excluding carboxylic acids is 1. The Labute approximate surface area is 128 Å². The first-order valence-electron chi connectivity index (χ1n) is 7.58. The van der Waals surface area contributed by atoms with Crippen molar-refractivity contribution in [1.29, 1.82) is 0 Å². The predicted molar refractivity (Wildman–Crippen MR) is 87.7 cm³/mol. The molecule has 0 atom stereocenters. The Kier molecular flexibility index (Phi) is 7.15. The highest BCUT2D eigenvalue weighted by Crippen LogP contribution is 2.10. The molecular formula is C16H28N4O. The van der Waals surface area contributed by atoms with Gasteiger partial charge in [0.1, 0.15) is 5.82 Å². The summed E-state index contributed by atoms with van der Waals surface area (Å²) in [4.78, 5) is 20.9. The molecule has 21 heavy (non-hydrogen) atoms. The van der Waals surface area contributed by atoms with E-state index in [1.54, 1.807) is 6.20 Å². The van der Waals surface area contributed by atoms with Crippen LogP contribution >= 0.6 is 0 Å². The van der Waals surface area contributed by atoms with E-state index < -0.39 is 0 Å². The SMILES string of the molecule is CCNc1ccc(C(=O)N(CCN(C)C)CC(C)C)cn1. The Morgan fingerprint density at radius 2 is 2.00 bits per heavy atom. The van der Waals surface area contributed by atoms with Gasteiger partial charge in [0.25, 0.3) is 5.91 Å². The summed E-state index contributed by atoms with van der Waals surface area (Å²) in [6, 6.07) is 3.70. The second-order valence-corrected chi connectivity index (χ2v) is 5.91. The summed E-state index contributed by atoms with van der Waals surface area (Å²) >= 11 is 0. The van der Waals surface area contributed by atoms with Crippen molar-refractivity contribution < 1.29 is 4.79 Å². The molecule has 0 aromatic carbocycles. The average Bonchev–Trinajstić information content (AvgIpc) is 2.43. The van der Waals surface area contributed by atoms with E-state index in [2.05, 4.69) is 29.0 Å². The van der Waals surface area contributed by atoms with Crippen LogP contribution in [-0.4, -0.2) is 61.0 Å². The van der Waals surface area contributed by atoms with E-state index in [-0.39, 0.29) is 5.91 Å². The van der Waals surface area contributed by atoms with E-state index in [0.29, 0.717) is 11.5 Å². The molecule has 0 aliphatic heterocycles. The smallest absolute Gasteiger partial charge is 0.255 e. The zero-order valence-electron chi connectivity index (χ0n) is 13.9. The Bertz CT molecular complexity index is 428. The Hall–Kier alpha value is -1.62. The maximum absolute atomic E-state index is 12.6. The lowest BCUT2D eigenvalue weighted by atomic mass is 10.1. The maximum Gasteiger partial charge on any atom is 0.255 e. The van der Waals surface area contributed by atoms with Crippen molar-refractivity contribution in [1.82, 2.24) is 14.8 Å². The van der Waals surface area contributed by atoms with Gasteiger partial charge in [-0.3, -0.25) is 4.79 Å². The summed E-state index contributed by atoms with van der Waals surface area (Å²) in [6.07, 6.45) is 1.66. The molecule has 0 saturated carbocycles. The van der Waals surface area contributed by atoms with Crippen LogP contribution in [0.3, 0.4) is 0 Å². The molecule has 1 aromatic rings. The standard InChI is InChI=1S/C16H28N4O/c1-6-17-15-8-7-14(11-18-15)16(21)20(12-13(2)3)10-9-19(4)5/h7-8,11,13H,6,9-10,12H2,1-5H3,(H,17,18). The lowest BCUT2D eigenvalue weighted by Crippen LogP contribution is -2.39. The van der Waals surface area contributed by atoms with Crippen molar-refractivity contribution in [2.24, 2.45) is 5.92 Å². The normalized spacial score (nSPS) is 11.0. The number of aromatic nitrogens is 1. The molecule has 0 fully saturated rings. The first-order valence-corrected chi connectivity index (χ1v) is 7.58. The van der Waals surface area contributed by atoms with Gasteiger partial charge in [-0.15, -0.1) is 0 Å². The van der Waals surface area contributed by atoms with E-state index in [1.165, 1.54) is 0 Å². The first kappa shape index (κ1) is 17.4. The number of rotatable bonds is 8. The summed E-state index contributed by atoms with van der Waals surface area (Å²) in [5.41, 5.74) is 0.649. The van der Waals surface area contributed by atoms with E-state index in [9.17, 15) is 4.79 Å². The molecule has 0 bridgehead atoms. The molecule has 0 saturated heterocycles. The number of hydrogen-bond donors (Lipinski definition) is 1. The molecule has 1 rings (SSSR count). The van der Waals surface area contributed by atoms with Crippen molar-refractivity contribution in [3.63, 3.8) is 0 Å². The zero-order valence-corrected chi connectivity index (χ0v) is 13.9. The molecule has 1 amide bonds. The third-order valence-corrected chi connectivity index (χ3v) is 3.06. The molecule has 1 heterocycles. The fraction of sp³-hybridized carbons (Fsp3) is 0.625. The fourth-order valence-electron chi connectivity index (χ4n) is 2.03. The highest BCUT2D eigenvalue weighted by Gasteiger charge is 2.17. The van der Waals surface area contributed by atoms with Crippen molar-refractivity contribution in [2.45, 2.75) is 20.8 Å². The molecule has 118 valence electrons. The van der Waals surface area contributed by atoms with Crippen LogP contribution in [0.4, 0.5) is 5.82 Å². The van der Waals surface area contributed by atoms with E-state index in [1.807, 2.05) is 38.1 Å². The van der Waals surface area contributed by atoms with Crippen LogP contribution in [0.25, 0.3) is 0 Å². The summed E-state index contributed by atoms with van der Waals surface area (Å²) in [7, 11) is 4.04. The van der Waals surface area contributed by atoms with Gasteiger partial charge >= 0.3 is 0 Å². The molecule has 0 radical (unpaired) electrons. The molecule has 0 aliphatic rings. The van der Waals surface area contributed by atoms with Gasteiger partial charge < -0.3 is 15.1 Å². The number of nitrogens with one attached hydrogen (secondary N) is 1. The predicted octanol–water partition coefficient (Wildman–Crippen LogP) is 2.17. The van der Waals surface area contributed by atoms with Crippen LogP contribution < -0.4 is 5.32 Å². The number of pyridine rings is 1. The third kappa shape index (κ3) is 6.12. The van der Waals surface area contributed by atoms with Gasteiger partial charge in [0.2, 0.25) is 0 Å². The number of nitrogens with zero attached hydrogens (tertiary/aromatic N) is 3. The van der Waals surface area contributed by atoms with Crippen molar-refractivity contribution in [2.75, 3.05) is 45.6 Å². The minimum absolute atomic E-state index is 0.0566. The second-order valence-electron chi connectivity index (χ2n) is 5.91. The van der Waals surface area contributed by atoms with E-state index in [4.69, 9.17) is 0 Å². The van der Waals surface area contributed by atoms with Crippen LogP contribution in [0.15, 0.2) is 18.3 Å². The maximum atomic E-state index is 12.6. The first-order chi connectivity index (χ1) is 9.93. The number of amides is 1. The molecule has 0 aliphatic carbocycles. The van der Waals surface area contributed by atoms with Gasteiger partial charge in [-0.2, -0.15) is 0 Å². The highest BCUT2D eigenvalue weighted by molar-refractivity contribution is 5.94. The molecule has 1 aromatic heterocycles. The second kappa shape index (κ2) is 8.62. The minimum Gasteiger partial charge on any atom is -0.370 e. The summed E-state index contributed by atoms with van der Waals surface area (Å²) in [5, 5.41) is 3.13. The number of anilines is 1. The van der Waals surface area contributed by atoms with Crippen molar-refractivity contribution in [3.05, 3.63) is 23.9 Å². The van der Waals surface area contributed by atoms with Crippen molar-refractivity contribution >= 4 is 11.7 Å². The Morgan fingerprint density at radius 1 is 1.29 bits per heavy atom. The van der Waals surface area contributed by atoms with Gasteiger partial charge in [-0.25, -0.2) is 4.98 Å². The van der Waals surface area contributed by atoms with Gasteiger partial charge in [0, 0.05) is 32.4 Å². The van der Waals surface area contributed by atoms with Gasteiger partial charge in [-0.05, 0) is 39.1 Å². The quantitative estimate of drug-likeness (QED) is 0.798. The molecule has 1 N–H and O–H groups in total. The van der Waals surface area contributed by atoms with Crippen LogP contribution in [0, 0.1) is 5.92 Å². The number of carbonyl (C=O) groups is 1. The van der Waals surface area contributed by atoms with E-state index >= 15 is 0 Å². The Morgan fingerprint density at radius 3 is 2.48 bits per heavy atom. The molecule has 0 spiro atoms. The largest absolute Gasteiger partial charge is 0.370 e. The molecule has 5 nitrogen and oxygen atoms in total. The van der Waals surface area contributed by atoms with Crippen LogP contribution in [-0.2, 0) is 0 Å². The minimum atomic E-state index is 0.0566. The number of hydrogen-bond acceptors (Lipinski definition) is 4. The monoisotopic (exact) mass is 292 g/mol. The Balaban J connectivity index is 2.77. The summed E-state index contributed by atoms with van der Waals surface area (Å²) in [6.45, 7) is 9.46. The fourth-order valence-corrected chi connectivity index (χ4v) is 2.03. The summed E-state index contributed by atoms with van der Waals surface area (Å²) < 4.78 is 0. The van der Waals surface area contributed by atoms with Gasteiger partial charge in [-0.1, -0.05) is 13.8 Å². The lowest BCUT2D eigenvalue weighted by molar-refractivity contribution is 0.0724. The zero-order chi connectivity index (χ0) is 15.8. The van der Waals surface area contributed by atoms with E-state index in [0.717, 1.165) is 32.0 Å². The molecular weight excluding hydrogens is 264 g/mol. The molecule has 0 unspecified atom stereocenters. The van der Waals surface area contributed by atoms with Crippen LogP contribution in [0.5, 0.6) is 0 Å². The van der Waals surface area contributed by atoms with Crippen molar-refractivity contribution in [3.8, 4) is 0 Å². The van der Waals surface area contributed by atoms with Crippen LogP contribution in [0.1, 0.15) is 31.1 Å². The lowest BCUT2D eigenvalue weighted by Gasteiger charge is -2.26. The molecule has 5 heteroatoms. The highest BCUT2D eigenvalue weighted by atomic mass is 16.2.